The summed E-state index contributed by atoms with van der Waals surface area (Å²) in [6.45, 7) is 0. The Morgan fingerprint density at radius 1 is 1.00 bits per heavy atom. The standard InChI is InChI=1S/C17H13ClN4/c1-21-11-14(9-20-21)12-5-6-22-16(10-19-17(22)8-12)13-3-2-4-15(18)7-13/h2-11H,1H3. The maximum absolute atomic E-state index is 6.08. The number of hydrogen-bond donors (Lipinski definition) is 0. The maximum Gasteiger partial charge on any atom is 0.137 e. The van der Waals surface area contributed by atoms with Gasteiger partial charge in [-0.05, 0) is 29.8 Å². The first kappa shape index (κ1) is 13.1. The van der Waals surface area contributed by atoms with Gasteiger partial charge in [-0.2, -0.15) is 5.10 Å². The molecule has 0 saturated carbocycles. The van der Waals surface area contributed by atoms with E-state index in [9.17, 15) is 0 Å². The molecule has 1 aromatic carbocycles. The van der Waals surface area contributed by atoms with Crippen molar-refractivity contribution in [3.8, 4) is 22.4 Å². The molecule has 0 spiro atoms. The number of rotatable bonds is 2. The van der Waals surface area contributed by atoms with Crippen molar-refractivity contribution in [2.75, 3.05) is 0 Å². The number of pyridine rings is 1. The summed E-state index contributed by atoms with van der Waals surface area (Å²) in [5.74, 6) is 0. The number of imidazole rings is 1. The van der Waals surface area contributed by atoms with Gasteiger partial charge in [-0.1, -0.05) is 23.7 Å². The molecule has 5 heteroatoms. The van der Waals surface area contributed by atoms with Crippen molar-refractivity contribution in [3.05, 3.63) is 66.2 Å². The van der Waals surface area contributed by atoms with Crippen LogP contribution in [0.2, 0.25) is 5.02 Å². The van der Waals surface area contributed by atoms with Gasteiger partial charge in [-0.3, -0.25) is 9.08 Å². The van der Waals surface area contributed by atoms with Gasteiger partial charge in [0.1, 0.15) is 5.65 Å². The van der Waals surface area contributed by atoms with Crippen molar-refractivity contribution in [2.24, 2.45) is 7.05 Å². The quantitative estimate of drug-likeness (QED) is 0.560. The molecule has 22 heavy (non-hydrogen) atoms. The second-order valence-corrected chi connectivity index (χ2v) is 5.64. The summed E-state index contributed by atoms with van der Waals surface area (Å²) in [6, 6.07) is 11.9. The minimum Gasteiger partial charge on any atom is -0.300 e. The lowest BCUT2D eigenvalue weighted by atomic mass is 10.1. The lowest BCUT2D eigenvalue weighted by Crippen LogP contribution is -1.89. The van der Waals surface area contributed by atoms with Crippen LogP contribution < -0.4 is 0 Å². The summed E-state index contributed by atoms with van der Waals surface area (Å²) >= 11 is 6.08. The Balaban J connectivity index is 1.84. The van der Waals surface area contributed by atoms with E-state index in [1.54, 1.807) is 4.68 Å². The third-order valence-electron chi connectivity index (χ3n) is 3.67. The highest BCUT2D eigenvalue weighted by molar-refractivity contribution is 6.30. The highest BCUT2D eigenvalue weighted by Crippen LogP contribution is 2.26. The van der Waals surface area contributed by atoms with Crippen LogP contribution in [-0.2, 0) is 7.05 Å². The van der Waals surface area contributed by atoms with Crippen LogP contribution in [-0.4, -0.2) is 19.2 Å². The third kappa shape index (κ3) is 2.18. The number of hydrogen-bond acceptors (Lipinski definition) is 2. The van der Waals surface area contributed by atoms with Crippen LogP contribution in [0.3, 0.4) is 0 Å². The second-order valence-electron chi connectivity index (χ2n) is 5.20. The SMILES string of the molecule is Cn1cc(-c2ccn3c(-c4cccc(Cl)c4)cnc3c2)cn1. The number of nitrogens with zero attached hydrogens (tertiary/aromatic N) is 4. The maximum atomic E-state index is 6.08. The lowest BCUT2D eigenvalue weighted by molar-refractivity contribution is 0.768. The third-order valence-corrected chi connectivity index (χ3v) is 3.91. The summed E-state index contributed by atoms with van der Waals surface area (Å²) in [5, 5.41) is 4.93. The summed E-state index contributed by atoms with van der Waals surface area (Å²) in [6.07, 6.45) is 7.74. The number of benzene rings is 1. The van der Waals surface area contributed by atoms with E-state index in [4.69, 9.17) is 11.6 Å². The van der Waals surface area contributed by atoms with Gasteiger partial charge in [0, 0.05) is 35.6 Å². The molecule has 3 heterocycles. The largest absolute Gasteiger partial charge is 0.300 e. The summed E-state index contributed by atoms with van der Waals surface area (Å²) in [4.78, 5) is 4.51. The number of aromatic nitrogens is 4. The Kier molecular flexibility index (Phi) is 2.98. The Labute approximate surface area is 132 Å². The van der Waals surface area contributed by atoms with Crippen molar-refractivity contribution < 1.29 is 0 Å². The molecule has 4 nitrogen and oxygen atoms in total. The lowest BCUT2D eigenvalue weighted by Gasteiger charge is -2.04. The van der Waals surface area contributed by atoms with Crippen molar-refractivity contribution in [3.63, 3.8) is 0 Å². The zero-order chi connectivity index (χ0) is 15.1. The fourth-order valence-electron chi connectivity index (χ4n) is 2.59. The molecule has 0 aliphatic carbocycles. The van der Waals surface area contributed by atoms with Gasteiger partial charge in [0.2, 0.25) is 0 Å². The molecular formula is C17H13ClN4. The van der Waals surface area contributed by atoms with Gasteiger partial charge in [0.15, 0.2) is 0 Å². The van der Waals surface area contributed by atoms with Crippen LogP contribution in [0.15, 0.2) is 61.2 Å². The second kappa shape index (κ2) is 5.00. The van der Waals surface area contributed by atoms with Crippen LogP contribution in [0.5, 0.6) is 0 Å². The molecule has 0 atom stereocenters. The minimum atomic E-state index is 0.722. The van der Waals surface area contributed by atoms with E-state index >= 15 is 0 Å². The fourth-order valence-corrected chi connectivity index (χ4v) is 2.78. The average molecular weight is 309 g/mol. The molecule has 0 aliphatic rings. The van der Waals surface area contributed by atoms with Gasteiger partial charge in [0.05, 0.1) is 18.1 Å². The van der Waals surface area contributed by atoms with Crippen LogP contribution in [0, 0.1) is 0 Å². The van der Waals surface area contributed by atoms with Gasteiger partial charge in [-0.25, -0.2) is 4.98 Å². The zero-order valence-corrected chi connectivity index (χ0v) is 12.7. The van der Waals surface area contributed by atoms with Gasteiger partial charge in [0.25, 0.3) is 0 Å². The van der Waals surface area contributed by atoms with E-state index in [2.05, 4.69) is 26.6 Å². The molecule has 0 radical (unpaired) electrons. The Morgan fingerprint density at radius 2 is 1.91 bits per heavy atom. The van der Waals surface area contributed by atoms with Crippen LogP contribution in [0.4, 0.5) is 0 Å². The monoisotopic (exact) mass is 308 g/mol. The Bertz CT molecular complexity index is 968. The molecule has 0 bridgehead atoms. The molecule has 0 amide bonds. The van der Waals surface area contributed by atoms with Crippen LogP contribution in [0.1, 0.15) is 0 Å². The van der Waals surface area contributed by atoms with Crippen molar-refractivity contribution in [2.45, 2.75) is 0 Å². The molecule has 0 N–H and O–H groups in total. The topological polar surface area (TPSA) is 35.1 Å². The predicted molar refractivity (Wildman–Crippen MR) is 87.8 cm³/mol. The first-order valence-electron chi connectivity index (χ1n) is 6.93. The average Bonchev–Trinajstić information content (AvgIpc) is 3.12. The molecule has 4 rings (SSSR count). The Hall–Kier alpha value is -2.59. The summed E-state index contributed by atoms with van der Waals surface area (Å²) < 4.78 is 3.86. The molecule has 0 fully saturated rings. The number of halogens is 1. The van der Waals surface area contributed by atoms with Crippen molar-refractivity contribution >= 4 is 17.2 Å². The molecular weight excluding hydrogens is 296 g/mol. The highest BCUT2D eigenvalue weighted by atomic mass is 35.5. The smallest absolute Gasteiger partial charge is 0.137 e. The zero-order valence-electron chi connectivity index (χ0n) is 11.9. The van der Waals surface area contributed by atoms with Gasteiger partial charge < -0.3 is 0 Å². The predicted octanol–water partition coefficient (Wildman–Crippen LogP) is 4.06. The van der Waals surface area contributed by atoms with Crippen LogP contribution in [0.25, 0.3) is 28.0 Å². The highest BCUT2D eigenvalue weighted by Gasteiger charge is 2.08. The van der Waals surface area contributed by atoms with E-state index in [1.165, 1.54) is 0 Å². The summed E-state index contributed by atoms with van der Waals surface area (Å²) in [7, 11) is 1.91. The number of aryl methyl sites for hydroxylation is 1. The fraction of sp³-hybridized carbons (Fsp3) is 0.0588. The molecule has 0 unspecified atom stereocenters. The molecule has 0 aliphatic heterocycles. The van der Waals surface area contributed by atoms with E-state index in [1.807, 2.05) is 56.1 Å². The molecule has 4 aromatic rings. The molecule has 0 saturated heterocycles. The van der Waals surface area contributed by atoms with Gasteiger partial charge in [-0.15, -0.1) is 0 Å². The molecule has 108 valence electrons. The van der Waals surface area contributed by atoms with E-state index in [0.29, 0.717) is 0 Å². The van der Waals surface area contributed by atoms with Crippen molar-refractivity contribution in [1.82, 2.24) is 19.2 Å². The van der Waals surface area contributed by atoms with Gasteiger partial charge >= 0.3 is 0 Å². The normalized spacial score (nSPS) is 11.2. The van der Waals surface area contributed by atoms with Crippen LogP contribution >= 0.6 is 11.6 Å². The minimum absolute atomic E-state index is 0.722. The Morgan fingerprint density at radius 3 is 2.68 bits per heavy atom. The van der Waals surface area contributed by atoms with E-state index < -0.39 is 0 Å². The van der Waals surface area contributed by atoms with Crippen molar-refractivity contribution in [1.29, 1.82) is 0 Å². The first-order valence-corrected chi connectivity index (χ1v) is 7.30. The molecule has 3 aromatic heterocycles. The summed E-state index contributed by atoms with van der Waals surface area (Å²) in [5.41, 5.74) is 5.15. The van der Waals surface area contributed by atoms with E-state index in [-0.39, 0.29) is 0 Å². The van der Waals surface area contributed by atoms with E-state index in [0.717, 1.165) is 33.1 Å². The first-order chi connectivity index (χ1) is 10.7. The number of fused-ring (bicyclic) bond motifs is 1.